The maximum Gasteiger partial charge on any atom is 0.240 e. The largest absolute Gasteiger partial charge is 0.352 e. The standard InChI is InChI=1S/C12H14N4O2/c1-8(17)14-7-9-3-2-4-10(5-9)12-15-11(6-13)18-16-12/h2-5H,6-7,13H2,1H3,(H,14,17). The van der Waals surface area contributed by atoms with Gasteiger partial charge in [0.15, 0.2) is 0 Å². The highest BCUT2D eigenvalue weighted by Gasteiger charge is 2.07. The van der Waals surface area contributed by atoms with E-state index in [2.05, 4.69) is 15.5 Å². The smallest absolute Gasteiger partial charge is 0.240 e. The van der Waals surface area contributed by atoms with E-state index in [1.165, 1.54) is 6.92 Å². The van der Waals surface area contributed by atoms with Gasteiger partial charge in [-0.2, -0.15) is 4.98 Å². The zero-order valence-corrected chi connectivity index (χ0v) is 10.0. The van der Waals surface area contributed by atoms with Gasteiger partial charge in [0.1, 0.15) is 0 Å². The molecule has 6 heteroatoms. The highest BCUT2D eigenvalue weighted by Crippen LogP contribution is 2.17. The van der Waals surface area contributed by atoms with Gasteiger partial charge in [-0.25, -0.2) is 0 Å². The van der Waals surface area contributed by atoms with Crippen molar-refractivity contribution in [1.29, 1.82) is 0 Å². The third-order valence-corrected chi connectivity index (χ3v) is 2.37. The molecular formula is C12H14N4O2. The molecular weight excluding hydrogens is 232 g/mol. The topological polar surface area (TPSA) is 94.0 Å². The van der Waals surface area contributed by atoms with Crippen molar-refractivity contribution < 1.29 is 9.32 Å². The Hall–Kier alpha value is -2.21. The second-order valence-electron chi connectivity index (χ2n) is 3.83. The van der Waals surface area contributed by atoms with Gasteiger partial charge in [-0.05, 0) is 11.6 Å². The number of nitrogens with one attached hydrogen (secondary N) is 1. The Morgan fingerprint density at radius 2 is 2.33 bits per heavy atom. The zero-order chi connectivity index (χ0) is 13.0. The molecule has 1 aromatic carbocycles. The number of benzene rings is 1. The van der Waals surface area contributed by atoms with Gasteiger partial charge >= 0.3 is 0 Å². The molecule has 0 saturated carbocycles. The van der Waals surface area contributed by atoms with Gasteiger partial charge in [0.05, 0.1) is 6.54 Å². The SMILES string of the molecule is CC(=O)NCc1cccc(-c2noc(CN)n2)c1. The number of nitrogens with two attached hydrogens (primary N) is 1. The summed E-state index contributed by atoms with van der Waals surface area (Å²) >= 11 is 0. The Labute approximate surface area is 104 Å². The van der Waals surface area contributed by atoms with Crippen LogP contribution in [0.2, 0.25) is 0 Å². The third kappa shape index (κ3) is 2.92. The molecule has 3 N–H and O–H groups in total. The molecule has 0 spiro atoms. The summed E-state index contributed by atoms with van der Waals surface area (Å²) in [5.41, 5.74) is 7.22. The summed E-state index contributed by atoms with van der Waals surface area (Å²) in [6.07, 6.45) is 0. The summed E-state index contributed by atoms with van der Waals surface area (Å²) in [4.78, 5) is 15.0. The van der Waals surface area contributed by atoms with Crippen LogP contribution < -0.4 is 11.1 Å². The molecule has 0 aliphatic carbocycles. The van der Waals surface area contributed by atoms with E-state index in [0.717, 1.165) is 11.1 Å². The number of carbonyl (C=O) groups is 1. The quantitative estimate of drug-likeness (QED) is 0.833. The average Bonchev–Trinajstić information content (AvgIpc) is 2.85. The van der Waals surface area contributed by atoms with Gasteiger partial charge in [-0.3, -0.25) is 4.79 Å². The second-order valence-corrected chi connectivity index (χ2v) is 3.83. The van der Waals surface area contributed by atoms with Crippen LogP contribution in [0.1, 0.15) is 18.4 Å². The van der Waals surface area contributed by atoms with Crippen molar-refractivity contribution in [3.63, 3.8) is 0 Å². The van der Waals surface area contributed by atoms with Crippen molar-refractivity contribution >= 4 is 5.91 Å². The molecule has 18 heavy (non-hydrogen) atoms. The Morgan fingerprint density at radius 3 is 3.00 bits per heavy atom. The van der Waals surface area contributed by atoms with Gasteiger partial charge in [0.25, 0.3) is 0 Å². The number of nitrogens with zero attached hydrogens (tertiary/aromatic N) is 2. The summed E-state index contributed by atoms with van der Waals surface area (Å²) < 4.78 is 4.95. The fourth-order valence-corrected chi connectivity index (χ4v) is 1.50. The molecule has 94 valence electrons. The molecule has 0 radical (unpaired) electrons. The summed E-state index contributed by atoms with van der Waals surface area (Å²) in [6, 6.07) is 7.58. The fourth-order valence-electron chi connectivity index (χ4n) is 1.50. The minimum absolute atomic E-state index is 0.0645. The van der Waals surface area contributed by atoms with E-state index in [-0.39, 0.29) is 12.5 Å². The molecule has 0 aliphatic rings. The molecule has 0 unspecified atom stereocenters. The molecule has 0 saturated heterocycles. The first-order valence-corrected chi connectivity index (χ1v) is 5.55. The van der Waals surface area contributed by atoms with Gasteiger partial charge in [0.2, 0.25) is 17.6 Å². The van der Waals surface area contributed by atoms with Crippen LogP contribution in [0.15, 0.2) is 28.8 Å². The molecule has 2 rings (SSSR count). The van der Waals surface area contributed by atoms with Crippen molar-refractivity contribution in [2.45, 2.75) is 20.0 Å². The van der Waals surface area contributed by atoms with Crippen molar-refractivity contribution in [3.05, 3.63) is 35.7 Å². The van der Waals surface area contributed by atoms with Crippen molar-refractivity contribution in [1.82, 2.24) is 15.5 Å². The number of rotatable bonds is 4. The molecule has 0 atom stereocenters. The normalized spacial score (nSPS) is 10.3. The Bertz CT molecular complexity index is 551. The van der Waals surface area contributed by atoms with Crippen LogP contribution in [-0.4, -0.2) is 16.0 Å². The lowest BCUT2D eigenvalue weighted by Crippen LogP contribution is -2.18. The van der Waals surface area contributed by atoms with E-state index in [0.29, 0.717) is 18.3 Å². The van der Waals surface area contributed by atoms with Crippen LogP contribution in [-0.2, 0) is 17.9 Å². The minimum Gasteiger partial charge on any atom is -0.352 e. The van der Waals surface area contributed by atoms with E-state index in [1.807, 2.05) is 24.3 Å². The van der Waals surface area contributed by atoms with Crippen molar-refractivity contribution in [2.24, 2.45) is 5.73 Å². The van der Waals surface area contributed by atoms with Crippen molar-refractivity contribution in [2.75, 3.05) is 0 Å². The van der Waals surface area contributed by atoms with E-state index in [1.54, 1.807) is 0 Å². The lowest BCUT2D eigenvalue weighted by atomic mass is 10.1. The van der Waals surface area contributed by atoms with Gasteiger partial charge in [-0.15, -0.1) is 0 Å². The van der Waals surface area contributed by atoms with Crippen molar-refractivity contribution in [3.8, 4) is 11.4 Å². The molecule has 0 bridgehead atoms. The monoisotopic (exact) mass is 246 g/mol. The van der Waals surface area contributed by atoms with E-state index < -0.39 is 0 Å². The highest BCUT2D eigenvalue weighted by atomic mass is 16.5. The molecule has 0 fully saturated rings. The van der Waals surface area contributed by atoms with Gasteiger partial charge in [0, 0.05) is 19.0 Å². The van der Waals surface area contributed by atoms with Crippen LogP contribution in [0.3, 0.4) is 0 Å². The second kappa shape index (κ2) is 5.42. The summed E-state index contributed by atoms with van der Waals surface area (Å²) in [5.74, 6) is 0.836. The van der Waals surface area contributed by atoms with Crippen LogP contribution in [0.4, 0.5) is 0 Å². The van der Waals surface area contributed by atoms with E-state index in [9.17, 15) is 4.79 Å². The zero-order valence-electron chi connectivity index (χ0n) is 10.0. The average molecular weight is 246 g/mol. The van der Waals surface area contributed by atoms with Crippen LogP contribution >= 0.6 is 0 Å². The molecule has 6 nitrogen and oxygen atoms in total. The summed E-state index contributed by atoms with van der Waals surface area (Å²) in [6.45, 7) is 2.18. The highest BCUT2D eigenvalue weighted by molar-refractivity contribution is 5.72. The number of hydrogen-bond donors (Lipinski definition) is 2. The third-order valence-electron chi connectivity index (χ3n) is 2.37. The van der Waals surface area contributed by atoms with Crippen LogP contribution in [0.25, 0.3) is 11.4 Å². The molecule has 1 amide bonds. The number of amides is 1. The number of aromatic nitrogens is 2. The Kier molecular flexibility index (Phi) is 3.69. The van der Waals surface area contributed by atoms with Crippen LogP contribution in [0.5, 0.6) is 0 Å². The summed E-state index contributed by atoms with van der Waals surface area (Å²) in [7, 11) is 0. The van der Waals surface area contributed by atoms with E-state index >= 15 is 0 Å². The predicted molar refractivity (Wildman–Crippen MR) is 65.1 cm³/mol. The lowest BCUT2D eigenvalue weighted by Gasteiger charge is -2.03. The van der Waals surface area contributed by atoms with Crippen LogP contribution in [0, 0.1) is 0 Å². The number of hydrogen-bond acceptors (Lipinski definition) is 5. The Morgan fingerprint density at radius 1 is 1.50 bits per heavy atom. The first kappa shape index (κ1) is 12.3. The predicted octanol–water partition coefficient (Wildman–Crippen LogP) is 0.831. The van der Waals surface area contributed by atoms with E-state index in [4.69, 9.17) is 10.3 Å². The lowest BCUT2D eigenvalue weighted by molar-refractivity contribution is -0.119. The maximum atomic E-state index is 10.8. The fraction of sp³-hybridized carbons (Fsp3) is 0.250. The van der Waals surface area contributed by atoms with Gasteiger partial charge in [-0.1, -0.05) is 23.4 Å². The molecule has 2 aromatic rings. The minimum atomic E-state index is -0.0645. The van der Waals surface area contributed by atoms with Gasteiger partial charge < -0.3 is 15.6 Å². The first-order chi connectivity index (χ1) is 8.69. The molecule has 0 aliphatic heterocycles. The summed E-state index contributed by atoms with van der Waals surface area (Å²) in [5, 5.41) is 6.57. The Balaban J connectivity index is 2.18. The maximum absolute atomic E-state index is 10.8. The molecule has 1 heterocycles. The molecule has 1 aromatic heterocycles. The number of carbonyl (C=O) groups excluding carboxylic acids is 1. The first-order valence-electron chi connectivity index (χ1n) is 5.55.